The molecule has 2 aliphatic rings. The molecule has 0 radical (unpaired) electrons. The second-order valence-corrected chi connectivity index (χ2v) is 4.98. The Labute approximate surface area is 124 Å². The summed E-state index contributed by atoms with van der Waals surface area (Å²) in [6, 6.07) is 4.93. The standard InChI is InChI=1S/C14H11FN2O5/c1-21-12(19)10-6-14(22-16-10)7-11(18)17(13(14)20)9-4-2-8(15)3-5-9/h2-5H,6-7H2,1H3/t14-/m0/s1. The van der Waals surface area contributed by atoms with E-state index >= 15 is 0 Å². The number of carbonyl (C=O) groups excluding carboxylic acids is 3. The number of hydrogen-bond acceptors (Lipinski definition) is 6. The molecule has 1 fully saturated rings. The molecule has 22 heavy (non-hydrogen) atoms. The molecule has 0 aromatic heterocycles. The number of amides is 2. The fourth-order valence-electron chi connectivity index (χ4n) is 2.48. The molecule has 2 aliphatic heterocycles. The first-order valence-electron chi connectivity index (χ1n) is 6.43. The Bertz CT molecular complexity index is 700. The van der Waals surface area contributed by atoms with Gasteiger partial charge in [0.2, 0.25) is 11.5 Å². The van der Waals surface area contributed by atoms with E-state index in [0.717, 1.165) is 17.0 Å². The molecule has 8 heteroatoms. The maximum Gasteiger partial charge on any atom is 0.356 e. The fourth-order valence-corrected chi connectivity index (χ4v) is 2.48. The van der Waals surface area contributed by atoms with Gasteiger partial charge in [-0.3, -0.25) is 9.59 Å². The Kier molecular flexibility index (Phi) is 3.16. The summed E-state index contributed by atoms with van der Waals surface area (Å²) in [5, 5.41) is 3.55. The highest BCUT2D eigenvalue weighted by atomic mass is 19.1. The van der Waals surface area contributed by atoms with Gasteiger partial charge in [-0.05, 0) is 24.3 Å². The molecule has 1 aromatic rings. The van der Waals surface area contributed by atoms with Gasteiger partial charge >= 0.3 is 5.97 Å². The van der Waals surface area contributed by atoms with E-state index in [9.17, 15) is 18.8 Å². The number of carbonyl (C=O) groups is 3. The molecule has 3 rings (SSSR count). The third-order valence-corrected chi connectivity index (χ3v) is 3.57. The first-order valence-corrected chi connectivity index (χ1v) is 6.43. The largest absolute Gasteiger partial charge is 0.464 e. The third-order valence-electron chi connectivity index (χ3n) is 3.57. The van der Waals surface area contributed by atoms with E-state index in [2.05, 4.69) is 9.89 Å². The van der Waals surface area contributed by atoms with Gasteiger partial charge in [0, 0.05) is 0 Å². The quantitative estimate of drug-likeness (QED) is 0.595. The van der Waals surface area contributed by atoms with Gasteiger partial charge < -0.3 is 9.57 Å². The zero-order valence-electron chi connectivity index (χ0n) is 11.5. The lowest BCUT2D eigenvalue weighted by atomic mass is 9.95. The second-order valence-electron chi connectivity index (χ2n) is 4.98. The number of imide groups is 1. The monoisotopic (exact) mass is 306 g/mol. The highest BCUT2D eigenvalue weighted by Gasteiger charge is 2.58. The number of hydrogen-bond donors (Lipinski definition) is 0. The van der Waals surface area contributed by atoms with Crippen molar-refractivity contribution in [2.45, 2.75) is 18.4 Å². The number of anilines is 1. The van der Waals surface area contributed by atoms with Crippen LogP contribution in [0.3, 0.4) is 0 Å². The molecule has 0 N–H and O–H groups in total. The van der Waals surface area contributed by atoms with Gasteiger partial charge in [-0.1, -0.05) is 5.16 Å². The van der Waals surface area contributed by atoms with Crippen molar-refractivity contribution in [1.82, 2.24) is 0 Å². The van der Waals surface area contributed by atoms with E-state index in [-0.39, 0.29) is 24.2 Å². The van der Waals surface area contributed by atoms with Crippen molar-refractivity contribution in [3.63, 3.8) is 0 Å². The summed E-state index contributed by atoms with van der Waals surface area (Å²) in [5.74, 6) is -2.33. The Morgan fingerprint density at radius 2 is 2.00 bits per heavy atom. The summed E-state index contributed by atoms with van der Waals surface area (Å²) in [6.07, 6.45) is -0.380. The summed E-state index contributed by atoms with van der Waals surface area (Å²) < 4.78 is 17.5. The maximum atomic E-state index is 13.0. The number of benzene rings is 1. The molecule has 2 amide bonds. The van der Waals surface area contributed by atoms with Crippen LogP contribution in [0.5, 0.6) is 0 Å². The summed E-state index contributed by atoms with van der Waals surface area (Å²) in [4.78, 5) is 42.1. The van der Waals surface area contributed by atoms with E-state index in [0.29, 0.717) is 0 Å². The lowest BCUT2D eigenvalue weighted by molar-refractivity contribution is -0.136. The van der Waals surface area contributed by atoms with Crippen LogP contribution in [0.2, 0.25) is 0 Å². The van der Waals surface area contributed by atoms with E-state index in [1.807, 2.05) is 0 Å². The number of ether oxygens (including phenoxy) is 1. The molecule has 1 atom stereocenters. The highest BCUT2D eigenvalue weighted by molar-refractivity contribution is 6.38. The number of oxime groups is 1. The topological polar surface area (TPSA) is 85.3 Å². The summed E-state index contributed by atoms with van der Waals surface area (Å²) in [7, 11) is 1.18. The van der Waals surface area contributed by atoms with Crippen LogP contribution in [0, 0.1) is 5.82 Å². The minimum atomic E-state index is -1.52. The van der Waals surface area contributed by atoms with Crippen LogP contribution in [-0.4, -0.2) is 36.2 Å². The molecule has 7 nitrogen and oxygen atoms in total. The van der Waals surface area contributed by atoms with E-state index in [1.54, 1.807) is 0 Å². The van der Waals surface area contributed by atoms with E-state index in [1.165, 1.54) is 19.2 Å². The lowest BCUT2D eigenvalue weighted by Crippen LogP contribution is -2.41. The number of esters is 1. The molecule has 0 unspecified atom stereocenters. The molecule has 0 bridgehead atoms. The van der Waals surface area contributed by atoms with Gasteiger partial charge in [-0.2, -0.15) is 0 Å². The summed E-state index contributed by atoms with van der Waals surface area (Å²) in [5.41, 5.74) is -1.33. The Morgan fingerprint density at radius 1 is 1.32 bits per heavy atom. The van der Waals surface area contributed by atoms with Crippen LogP contribution in [0.25, 0.3) is 0 Å². The first-order chi connectivity index (χ1) is 10.5. The van der Waals surface area contributed by atoms with Crippen molar-refractivity contribution in [3.8, 4) is 0 Å². The minimum Gasteiger partial charge on any atom is -0.464 e. The predicted octanol–water partition coefficient (Wildman–Crippen LogP) is 0.777. The number of methoxy groups -OCH3 is 1. The number of nitrogens with zero attached hydrogens (tertiary/aromatic N) is 2. The predicted molar refractivity (Wildman–Crippen MR) is 71.4 cm³/mol. The van der Waals surface area contributed by atoms with Crippen molar-refractivity contribution >= 4 is 29.2 Å². The Hall–Kier alpha value is -2.77. The molecule has 1 aromatic carbocycles. The van der Waals surface area contributed by atoms with E-state index < -0.39 is 29.2 Å². The van der Waals surface area contributed by atoms with Gasteiger partial charge in [0.05, 0.1) is 25.6 Å². The summed E-state index contributed by atoms with van der Waals surface area (Å²) >= 11 is 0. The van der Waals surface area contributed by atoms with Crippen LogP contribution in [0.15, 0.2) is 29.4 Å². The SMILES string of the molecule is COC(=O)C1=NO[C@]2(CC(=O)N(c3ccc(F)cc3)C2=O)C1. The molecule has 114 valence electrons. The van der Waals surface area contributed by atoms with E-state index in [4.69, 9.17) is 4.84 Å². The second kappa shape index (κ2) is 4.90. The van der Waals surface area contributed by atoms with Crippen LogP contribution >= 0.6 is 0 Å². The average Bonchev–Trinajstić information content (AvgIpc) is 3.03. The molecule has 2 heterocycles. The van der Waals surface area contributed by atoms with Crippen LogP contribution < -0.4 is 4.90 Å². The Balaban J connectivity index is 1.87. The van der Waals surface area contributed by atoms with Crippen LogP contribution in [0.1, 0.15) is 12.8 Å². The van der Waals surface area contributed by atoms with Gasteiger partial charge in [-0.25, -0.2) is 14.1 Å². The molecular weight excluding hydrogens is 295 g/mol. The lowest BCUT2D eigenvalue weighted by Gasteiger charge is -2.19. The van der Waals surface area contributed by atoms with Gasteiger partial charge in [0.25, 0.3) is 5.91 Å². The zero-order valence-corrected chi connectivity index (χ0v) is 11.5. The van der Waals surface area contributed by atoms with Gasteiger partial charge in [-0.15, -0.1) is 0 Å². The number of rotatable bonds is 2. The molecule has 0 saturated carbocycles. The molecule has 0 aliphatic carbocycles. The van der Waals surface area contributed by atoms with Gasteiger partial charge in [0.1, 0.15) is 5.82 Å². The minimum absolute atomic E-state index is 0.0513. The third kappa shape index (κ3) is 2.03. The zero-order chi connectivity index (χ0) is 15.9. The number of halogens is 1. The fraction of sp³-hybridized carbons (Fsp3) is 0.286. The maximum absolute atomic E-state index is 13.0. The van der Waals surface area contributed by atoms with Crippen LogP contribution in [0.4, 0.5) is 10.1 Å². The highest BCUT2D eigenvalue weighted by Crippen LogP contribution is 2.38. The molecular formula is C14H11FN2O5. The van der Waals surface area contributed by atoms with Crippen LogP contribution in [-0.2, 0) is 24.0 Å². The smallest absolute Gasteiger partial charge is 0.356 e. The Morgan fingerprint density at radius 3 is 2.64 bits per heavy atom. The summed E-state index contributed by atoms with van der Waals surface area (Å²) in [6.45, 7) is 0. The first kappa shape index (κ1) is 14.2. The molecule has 1 saturated heterocycles. The normalized spacial score (nSPS) is 23.7. The van der Waals surface area contributed by atoms with Crippen molar-refractivity contribution < 1.29 is 28.3 Å². The van der Waals surface area contributed by atoms with Crippen molar-refractivity contribution in [2.75, 3.05) is 12.0 Å². The van der Waals surface area contributed by atoms with Crippen molar-refractivity contribution in [2.24, 2.45) is 5.16 Å². The van der Waals surface area contributed by atoms with Crippen molar-refractivity contribution in [1.29, 1.82) is 0 Å². The molecule has 1 spiro atoms. The van der Waals surface area contributed by atoms with Crippen molar-refractivity contribution in [3.05, 3.63) is 30.1 Å². The van der Waals surface area contributed by atoms with Gasteiger partial charge in [0.15, 0.2) is 5.71 Å². The average molecular weight is 306 g/mol.